The summed E-state index contributed by atoms with van der Waals surface area (Å²) in [6, 6.07) is 1.83. The van der Waals surface area contributed by atoms with Crippen molar-refractivity contribution in [2.24, 2.45) is 0 Å². The molecule has 1 N–H and O–H groups in total. The van der Waals surface area contributed by atoms with Crippen LogP contribution in [-0.4, -0.2) is 47.4 Å². The molecule has 7 heteroatoms. The van der Waals surface area contributed by atoms with Gasteiger partial charge in [0.25, 0.3) is 5.91 Å². The second-order valence-electron chi connectivity index (χ2n) is 5.83. The molecule has 1 fully saturated rings. The quantitative estimate of drug-likeness (QED) is 0.779. The number of rotatable bonds is 6. The topological polar surface area (TPSA) is 52.6 Å². The van der Waals surface area contributed by atoms with E-state index in [1.165, 1.54) is 9.78 Å². The third-order valence-corrected chi connectivity index (χ3v) is 5.10. The Morgan fingerprint density at radius 1 is 1.43 bits per heavy atom. The van der Waals surface area contributed by atoms with Gasteiger partial charge in [-0.3, -0.25) is 9.69 Å². The molecule has 21 heavy (non-hydrogen) atoms. The van der Waals surface area contributed by atoms with Crippen molar-refractivity contribution in [1.82, 2.24) is 15.1 Å². The summed E-state index contributed by atoms with van der Waals surface area (Å²) in [4.78, 5) is 28.6. The molecule has 1 aromatic heterocycles. The fourth-order valence-electron chi connectivity index (χ4n) is 2.30. The van der Waals surface area contributed by atoms with E-state index < -0.39 is 5.54 Å². The van der Waals surface area contributed by atoms with Gasteiger partial charge in [-0.1, -0.05) is 0 Å². The molecule has 2 heterocycles. The number of hydrogen-bond acceptors (Lipinski definition) is 4. The fraction of sp³-hybridized carbons (Fsp3) is 0.571. The van der Waals surface area contributed by atoms with Crippen molar-refractivity contribution in [3.05, 3.63) is 20.8 Å². The summed E-state index contributed by atoms with van der Waals surface area (Å²) in [5.74, 6) is -0.141. The average molecular weight is 374 g/mol. The van der Waals surface area contributed by atoms with Gasteiger partial charge in [-0.25, -0.2) is 4.79 Å². The summed E-state index contributed by atoms with van der Waals surface area (Å²) in [5.41, 5.74) is -0.772. The molecule has 0 radical (unpaired) electrons. The maximum atomic E-state index is 12.0. The van der Waals surface area contributed by atoms with Crippen LogP contribution in [0.5, 0.6) is 0 Å². The number of hydrogen-bond donors (Lipinski definition) is 1. The van der Waals surface area contributed by atoms with Crippen molar-refractivity contribution in [1.29, 1.82) is 0 Å². The first-order valence-corrected chi connectivity index (χ1v) is 8.52. The van der Waals surface area contributed by atoms with Gasteiger partial charge in [-0.2, -0.15) is 0 Å². The number of amides is 3. The van der Waals surface area contributed by atoms with Crippen molar-refractivity contribution in [3.63, 3.8) is 0 Å². The van der Waals surface area contributed by atoms with E-state index >= 15 is 0 Å². The zero-order valence-corrected chi connectivity index (χ0v) is 14.9. The van der Waals surface area contributed by atoms with Crippen LogP contribution in [0.3, 0.4) is 0 Å². The molecule has 0 aliphatic carbocycles. The van der Waals surface area contributed by atoms with Gasteiger partial charge in [0.2, 0.25) is 0 Å². The van der Waals surface area contributed by atoms with Crippen LogP contribution in [0.2, 0.25) is 0 Å². The van der Waals surface area contributed by atoms with E-state index in [1.54, 1.807) is 25.2 Å². The zero-order chi connectivity index (χ0) is 15.6. The Balaban J connectivity index is 1.76. The Morgan fingerprint density at radius 3 is 2.67 bits per heavy atom. The smallest absolute Gasteiger partial charge is 0.324 e. The Hall–Kier alpha value is -0.920. The molecule has 2 rings (SSSR count). The fourth-order valence-corrected chi connectivity index (χ4v) is 3.83. The van der Waals surface area contributed by atoms with Gasteiger partial charge in [-0.05, 0) is 55.9 Å². The molecule has 5 nitrogen and oxygen atoms in total. The molecule has 116 valence electrons. The lowest BCUT2D eigenvalue weighted by Gasteiger charge is -2.19. The highest BCUT2D eigenvalue weighted by Gasteiger charge is 2.43. The summed E-state index contributed by atoms with van der Waals surface area (Å²) >= 11 is 5.17. The summed E-state index contributed by atoms with van der Waals surface area (Å²) in [5, 5.41) is 4.76. The second kappa shape index (κ2) is 6.46. The third-order valence-electron chi connectivity index (χ3n) is 3.41. The Morgan fingerprint density at radius 2 is 2.14 bits per heavy atom. The number of imide groups is 1. The summed E-state index contributed by atoms with van der Waals surface area (Å²) < 4.78 is 1.11. The van der Waals surface area contributed by atoms with Crippen LogP contribution in [0.25, 0.3) is 0 Å². The van der Waals surface area contributed by atoms with Gasteiger partial charge in [0, 0.05) is 27.8 Å². The van der Waals surface area contributed by atoms with Crippen molar-refractivity contribution in [2.75, 3.05) is 20.1 Å². The number of nitrogens with zero attached hydrogens (tertiary/aromatic N) is 2. The lowest BCUT2D eigenvalue weighted by atomic mass is 10.1. The number of thiophene rings is 1. The van der Waals surface area contributed by atoms with Crippen molar-refractivity contribution in [3.8, 4) is 0 Å². The first-order chi connectivity index (χ1) is 9.79. The van der Waals surface area contributed by atoms with E-state index in [-0.39, 0.29) is 11.9 Å². The molecule has 1 aliphatic rings. The summed E-state index contributed by atoms with van der Waals surface area (Å²) in [6.45, 7) is 5.64. The second-order valence-corrected chi connectivity index (χ2v) is 7.75. The number of nitrogens with one attached hydrogen (secondary N) is 1. The molecule has 0 spiro atoms. The number of urea groups is 1. The monoisotopic (exact) mass is 373 g/mol. The first kappa shape index (κ1) is 16.5. The van der Waals surface area contributed by atoms with Crippen molar-refractivity contribution >= 4 is 39.2 Å². The maximum absolute atomic E-state index is 12.0. The van der Waals surface area contributed by atoms with Crippen LogP contribution in [-0.2, 0) is 11.3 Å². The van der Waals surface area contributed by atoms with Crippen molar-refractivity contribution < 1.29 is 9.59 Å². The predicted molar refractivity (Wildman–Crippen MR) is 87.3 cm³/mol. The SMILES string of the molecule is CN(CCCN1C(=O)NC(C)(C)C1=O)Cc1cc(Br)cs1. The maximum Gasteiger partial charge on any atom is 0.325 e. The molecule has 0 saturated carbocycles. The highest BCUT2D eigenvalue weighted by molar-refractivity contribution is 9.10. The van der Waals surface area contributed by atoms with Crippen LogP contribution >= 0.6 is 27.3 Å². The minimum Gasteiger partial charge on any atom is -0.324 e. The van der Waals surface area contributed by atoms with Gasteiger partial charge in [0.15, 0.2) is 0 Å². The molecule has 1 saturated heterocycles. The molecule has 0 atom stereocenters. The molecule has 1 aliphatic heterocycles. The lowest BCUT2D eigenvalue weighted by Crippen LogP contribution is -2.40. The van der Waals surface area contributed by atoms with E-state index in [1.807, 2.05) is 7.05 Å². The predicted octanol–water partition coefficient (Wildman–Crippen LogP) is 2.66. The molecule has 1 aromatic rings. The van der Waals surface area contributed by atoms with E-state index in [2.05, 4.69) is 37.6 Å². The summed E-state index contributed by atoms with van der Waals surface area (Å²) in [6.07, 6.45) is 0.776. The molecule has 0 bridgehead atoms. The molecule has 0 unspecified atom stereocenters. The summed E-state index contributed by atoms with van der Waals surface area (Å²) in [7, 11) is 2.05. The van der Waals surface area contributed by atoms with Gasteiger partial charge >= 0.3 is 6.03 Å². The molecule has 3 amide bonds. The van der Waals surface area contributed by atoms with Crippen LogP contribution in [0.1, 0.15) is 25.1 Å². The minimum atomic E-state index is -0.772. The van der Waals surface area contributed by atoms with E-state index in [4.69, 9.17) is 0 Å². The highest BCUT2D eigenvalue weighted by atomic mass is 79.9. The van der Waals surface area contributed by atoms with Crippen LogP contribution in [0.4, 0.5) is 4.79 Å². The van der Waals surface area contributed by atoms with Gasteiger partial charge in [0.05, 0.1) is 0 Å². The average Bonchev–Trinajstić information content (AvgIpc) is 2.85. The van der Waals surface area contributed by atoms with Crippen LogP contribution in [0, 0.1) is 0 Å². The van der Waals surface area contributed by atoms with Gasteiger partial charge < -0.3 is 10.2 Å². The highest BCUT2D eigenvalue weighted by Crippen LogP contribution is 2.21. The first-order valence-electron chi connectivity index (χ1n) is 6.85. The van der Waals surface area contributed by atoms with Gasteiger partial charge in [-0.15, -0.1) is 11.3 Å². The lowest BCUT2D eigenvalue weighted by molar-refractivity contribution is -0.130. The van der Waals surface area contributed by atoms with Crippen molar-refractivity contribution in [2.45, 2.75) is 32.4 Å². The number of carbonyl (C=O) groups excluding carboxylic acids is 2. The van der Waals surface area contributed by atoms with E-state index in [0.717, 1.165) is 24.0 Å². The van der Waals surface area contributed by atoms with Gasteiger partial charge in [0.1, 0.15) is 5.54 Å². The largest absolute Gasteiger partial charge is 0.325 e. The third kappa shape index (κ3) is 4.05. The Bertz CT molecular complexity index is 544. The standard InChI is InChI=1S/C14H20BrN3O2S/c1-14(2)12(19)18(13(20)16-14)6-4-5-17(3)8-11-7-10(15)9-21-11/h7,9H,4-6,8H2,1-3H3,(H,16,20). The minimum absolute atomic E-state index is 0.141. The molecular formula is C14H20BrN3O2S. The molecule has 0 aromatic carbocycles. The van der Waals surface area contributed by atoms with Crippen LogP contribution in [0.15, 0.2) is 15.9 Å². The molecular weight excluding hydrogens is 354 g/mol. The number of halogens is 1. The normalized spacial score (nSPS) is 17.7. The van der Waals surface area contributed by atoms with Crippen LogP contribution < -0.4 is 5.32 Å². The van der Waals surface area contributed by atoms with E-state index in [0.29, 0.717) is 6.54 Å². The zero-order valence-electron chi connectivity index (χ0n) is 12.5. The Kier molecular flexibility index (Phi) is 5.06. The number of carbonyl (C=O) groups is 2. The Labute approximate surface area is 137 Å². The van der Waals surface area contributed by atoms with E-state index in [9.17, 15) is 9.59 Å².